The molecule has 0 aliphatic rings. The van der Waals surface area contributed by atoms with Gasteiger partial charge in [-0.3, -0.25) is 9.78 Å². The second kappa shape index (κ2) is 6.97. The normalized spacial score (nSPS) is 11.0. The highest BCUT2D eigenvalue weighted by molar-refractivity contribution is 5.82. The summed E-state index contributed by atoms with van der Waals surface area (Å²) in [6.45, 7) is 5.76. The third-order valence-corrected chi connectivity index (χ3v) is 3.60. The quantitative estimate of drug-likeness (QED) is 0.621. The first-order chi connectivity index (χ1) is 11.0. The number of carbonyl (C=O) groups is 1. The zero-order valence-corrected chi connectivity index (χ0v) is 13.3. The Balaban J connectivity index is 2.85. The van der Waals surface area contributed by atoms with E-state index >= 15 is 0 Å². The number of carbonyl (C=O) groups excluding carboxylic acids is 1. The zero-order chi connectivity index (χ0) is 17.0. The van der Waals surface area contributed by atoms with Gasteiger partial charge in [-0.05, 0) is 54.8 Å². The monoisotopic (exact) mass is 308 g/mol. The van der Waals surface area contributed by atoms with E-state index in [1.165, 1.54) is 18.2 Å². The molecule has 0 bridgehead atoms. The van der Waals surface area contributed by atoms with E-state index in [-0.39, 0.29) is 11.7 Å². The van der Waals surface area contributed by atoms with E-state index in [0.29, 0.717) is 23.2 Å². The predicted molar refractivity (Wildman–Crippen MR) is 88.3 cm³/mol. The molecule has 0 N–H and O–H groups in total. The van der Waals surface area contributed by atoms with Gasteiger partial charge in [0.2, 0.25) is 0 Å². The lowest BCUT2D eigenvalue weighted by Crippen LogP contribution is -2.05. The Hall–Kier alpha value is -2.80. The summed E-state index contributed by atoms with van der Waals surface area (Å²) in [5.41, 5.74) is 4.10. The van der Waals surface area contributed by atoms with E-state index in [1.54, 1.807) is 25.1 Å². The molecular weight excluding hydrogens is 291 g/mol. The van der Waals surface area contributed by atoms with Crippen LogP contribution in [0.25, 0.3) is 17.3 Å². The third-order valence-electron chi connectivity index (χ3n) is 3.60. The molecule has 0 amide bonds. The van der Waals surface area contributed by atoms with E-state index in [0.717, 1.165) is 16.7 Å². The Morgan fingerprint density at radius 3 is 2.43 bits per heavy atom. The summed E-state index contributed by atoms with van der Waals surface area (Å²) in [6.07, 6.45) is 3.73. The maximum absolute atomic E-state index is 13.2. The first-order valence-corrected chi connectivity index (χ1v) is 7.32. The molecule has 0 aliphatic carbocycles. The molecule has 3 nitrogen and oxygen atoms in total. The van der Waals surface area contributed by atoms with Crippen LogP contribution in [-0.4, -0.2) is 11.3 Å². The number of hydrogen-bond acceptors (Lipinski definition) is 3. The fourth-order valence-electron chi connectivity index (χ4n) is 2.61. The standard InChI is InChI=1S/C19H17FN2O/c1-12(2)18-16(5-4-10-23)19(22-13(3)17(18)11-21)14-6-8-15(20)9-7-14/h4-10,12H,1-3H3. The molecule has 2 aromatic rings. The number of pyridine rings is 1. The van der Waals surface area contributed by atoms with Crippen LogP contribution in [0.5, 0.6) is 0 Å². The molecule has 0 atom stereocenters. The fraction of sp³-hybridized carbons (Fsp3) is 0.211. The van der Waals surface area contributed by atoms with Gasteiger partial charge in [0.05, 0.1) is 17.0 Å². The van der Waals surface area contributed by atoms with Crippen LogP contribution in [0.4, 0.5) is 4.39 Å². The molecule has 4 heteroatoms. The van der Waals surface area contributed by atoms with E-state index in [2.05, 4.69) is 11.1 Å². The molecule has 0 spiro atoms. The molecule has 0 aliphatic heterocycles. The van der Waals surface area contributed by atoms with Crippen LogP contribution in [0, 0.1) is 24.1 Å². The molecule has 0 unspecified atom stereocenters. The smallest absolute Gasteiger partial charge is 0.142 e. The van der Waals surface area contributed by atoms with Crippen LogP contribution in [0.1, 0.15) is 42.1 Å². The van der Waals surface area contributed by atoms with E-state index in [1.807, 2.05) is 13.8 Å². The van der Waals surface area contributed by atoms with Crippen LogP contribution < -0.4 is 0 Å². The molecule has 0 fully saturated rings. The van der Waals surface area contributed by atoms with Crippen molar-refractivity contribution in [2.24, 2.45) is 0 Å². The van der Waals surface area contributed by atoms with E-state index < -0.39 is 0 Å². The van der Waals surface area contributed by atoms with Crippen molar-refractivity contribution in [3.05, 3.63) is 58.5 Å². The molecule has 0 saturated carbocycles. The highest BCUT2D eigenvalue weighted by Gasteiger charge is 2.19. The molecule has 0 saturated heterocycles. The fourth-order valence-corrected chi connectivity index (χ4v) is 2.61. The average Bonchev–Trinajstić information content (AvgIpc) is 2.53. The number of hydrogen-bond donors (Lipinski definition) is 0. The molecule has 1 heterocycles. The van der Waals surface area contributed by atoms with Crippen molar-refractivity contribution in [3.8, 4) is 17.3 Å². The second-order valence-corrected chi connectivity index (χ2v) is 5.52. The summed E-state index contributed by atoms with van der Waals surface area (Å²) >= 11 is 0. The van der Waals surface area contributed by atoms with Crippen LogP contribution >= 0.6 is 0 Å². The Morgan fingerprint density at radius 2 is 1.91 bits per heavy atom. The Bertz CT molecular complexity index is 800. The molecule has 1 aromatic heterocycles. The first-order valence-electron chi connectivity index (χ1n) is 7.32. The number of aldehydes is 1. The lowest BCUT2D eigenvalue weighted by molar-refractivity contribution is -0.104. The predicted octanol–water partition coefficient (Wildman–Crippen LogP) is 4.40. The lowest BCUT2D eigenvalue weighted by Gasteiger charge is -2.18. The Labute approximate surface area is 135 Å². The summed E-state index contributed by atoms with van der Waals surface area (Å²) < 4.78 is 13.2. The molecule has 1 aromatic carbocycles. The topological polar surface area (TPSA) is 53.8 Å². The van der Waals surface area contributed by atoms with Gasteiger partial charge in [-0.1, -0.05) is 13.8 Å². The first kappa shape index (κ1) is 16.6. The largest absolute Gasteiger partial charge is 0.299 e. The van der Waals surface area contributed by atoms with Gasteiger partial charge in [0, 0.05) is 11.1 Å². The number of halogens is 1. The summed E-state index contributed by atoms with van der Waals surface area (Å²) in [4.78, 5) is 15.3. The number of aromatic nitrogens is 1. The van der Waals surface area contributed by atoms with Crippen molar-refractivity contribution in [3.63, 3.8) is 0 Å². The van der Waals surface area contributed by atoms with Crippen molar-refractivity contribution in [1.82, 2.24) is 4.98 Å². The molecule has 2 rings (SSSR count). The second-order valence-electron chi connectivity index (χ2n) is 5.52. The van der Waals surface area contributed by atoms with Crippen LogP contribution in [0.3, 0.4) is 0 Å². The minimum absolute atomic E-state index is 0.0804. The summed E-state index contributed by atoms with van der Waals surface area (Å²) in [6, 6.07) is 8.23. The molecule has 116 valence electrons. The van der Waals surface area contributed by atoms with Gasteiger partial charge < -0.3 is 0 Å². The van der Waals surface area contributed by atoms with Gasteiger partial charge in [-0.2, -0.15) is 5.26 Å². The Kier molecular flexibility index (Phi) is 5.02. The SMILES string of the molecule is Cc1nc(-c2ccc(F)cc2)c(C=CC=O)c(C(C)C)c1C#N. The minimum atomic E-state index is -0.326. The third kappa shape index (κ3) is 3.35. The number of nitriles is 1. The minimum Gasteiger partial charge on any atom is -0.299 e. The number of rotatable bonds is 4. The molecular formula is C19H17FN2O. The maximum Gasteiger partial charge on any atom is 0.142 e. The maximum atomic E-state index is 13.2. The van der Waals surface area contributed by atoms with Gasteiger partial charge in [0.15, 0.2) is 0 Å². The van der Waals surface area contributed by atoms with Gasteiger partial charge >= 0.3 is 0 Å². The van der Waals surface area contributed by atoms with E-state index in [4.69, 9.17) is 0 Å². The van der Waals surface area contributed by atoms with Crippen molar-refractivity contribution in [2.45, 2.75) is 26.7 Å². The van der Waals surface area contributed by atoms with E-state index in [9.17, 15) is 14.4 Å². The molecule has 0 radical (unpaired) electrons. The number of benzene rings is 1. The highest BCUT2D eigenvalue weighted by atomic mass is 19.1. The lowest BCUT2D eigenvalue weighted by atomic mass is 9.89. The Morgan fingerprint density at radius 1 is 1.26 bits per heavy atom. The summed E-state index contributed by atoms with van der Waals surface area (Å²) in [5, 5.41) is 9.46. The highest BCUT2D eigenvalue weighted by Crippen LogP contribution is 2.33. The van der Waals surface area contributed by atoms with Crippen LogP contribution in [0.15, 0.2) is 30.3 Å². The number of nitrogens with zero attached hydrogens (tertiary/aromatic N) is 2. The van der Waals surface area contributed by atoms with Gasteiger partial charge in [0.25, 0.3) is 0 Å². The van der Waals surface area contributed by atoms with Gasteiger partial charge in [-0.25, -0.2) is 4.39 Å². The number of aryl methyl sites for hydroxylation is 1. The van der Waals surface area contributed by atoms with Crippen molar-refractivity contribution >= 4 is 12.4 Å². The van der Waals surface area contributed by atoms with Crippen LogP contribution in [-0.2, 0) is 4.79 Å². The average molecular weight is 308 g/mol. The van der Waals surface area contributed by atoms with Crippen molar-refractivity contribution < 1.29 is 9.18 Å². The zero-order valence-electron chi connectivity index (χ0n) is 13.3. The summed E-state index contributed by atoms with van der Waals surface area (Å²) in [5.74, 6) is -0.245. The number of allylic oxidation sites excluding steroid dienone is 1. The van der Waals surface area contributed by atoms with Gasteiger partial charge in [0.1, 0.15) is 18.2 Å². The van der Waals surface area contributed by atoms with Crippen molar-refractivity contribution in [2.75, 3.05) is 0 Å². The molecule has 23 heavy (non-hydrogen) atoms. The summed E-state index contributed by atoms with van der Waals surface area (Å²) in [7, 11) is 0. The van der Waals surface area contributed by atoms with Crippen LogP contribution in [0.2, 0.25) is 0 Å². The van der Waals surface area contributed by atoms with Gasteiger partial charge in [-0.15, -0.1) is 0 Å². The van der Waals surface area contributed by atoms with Crippen molar-refractivity contribution in [1.29, 1.82) is 5.26 Å².